The Labute approximate surface area is 127 Å². The van der Waals surface area contributed by atoms with Gasteiger partial charge in [-0.3, -0.25) is 0 Å². The van der Waals surface area contributed by atoms with Gasteiger partial charge in [-0.05, 0) is 44.0 Å². The van der Waals surface area contributed by atoms with E-state index in [0.717, 1.165) is 30.7 Å². The second-order valence-electron chi connectivity index (χ2n) is 5.14. The minimum atomic E-state index is 0.224. The van der Waals surface area contributed by atoms with Crippen molar-refractivity contribution in [2.45, 2.75) is 39.7 Å². The van der Waals surface area contributed by atoms with Crippen LogP contribution >= 0.6 is 0 Å². The van der Waals surface area contributed by atoms with Gasteiger partial charge in [-0.15, -0.1) is 0 Å². The van der Waals surface area contributed by atoms with Crippen molar-refractivity contribution < 1.29 is 4.74 Å². The minimum absolute atomic E-state index is 0.224. The number of ether oxygens (including phenoxy) is 1. The van der Waals surface area contributed by atoms with Gasteiger partial charge in [-0.2, -0.15) is 0 Å². The van der Waals surface area contributed by atoms with Crippen molar-refractivity contribution in [1.82, 2.24) is 10.3 Å². The first-order valence-electron chi connectivity index (χ1n) is 7.70. The average Bonchev–Trinajstić information content (AvgIpc) is 2.53. The summed E-state index contributed by atoms with van der Waals surface area (Å²) in [6.45, 7) is 7.43. The fourth-order valence-electron chi connectivity index (χ4n) is 2.29. The van der Waals surface area contributed by atoms with Crippen molar-refractivity contribution in [2.24, 2.45) is 0 Å². The predicted molar refractivity (Wildman–Crippen MR) is 86.8 cm³/mol. The lowest BCUT2D eigenvalue weighted by atomic mass is 10.1. The molecule has 21 heavy (non-hydrogen) atoms. The van der Waals surface area contributed by atoms with Crippen molar-refractivity contribution in [3.63, 3.8) is 0 Å². The smallest absolute Gasteiger partial charge is 0.223 e. The maximum Gasteiger partial charge on any atom is 0.223 e. The highest BCUT2D eigenvalue weighted by atomic mass is 16.5. The Kier molecular flexibility index (Phi) is 5.76. The summed E-state index contributed by atoms with van der Waals surface area (Å²) >= 11 is 0. The minimum Gasteiger partial charge on any atom is -0.438 e. The molecule has 112 valence electrons. The molecule has 1 unspecified atom stereocenters. The SMILES string of the molecule is CCCNC(C)c1cccnc1Oc1ccccc1CC. The molecule has 0 fully saturated rings. The van der Waals surface area contributed by atoms with Gasteiger partial charge in [0.1, 0.15) is 5.75 Å². The molecule has 0 spiro atoms. The molecule has 1 atom stereocenters. The first-order valence-corrected chi connectivity index (χ1v) is 7.70. The molecule has 2 rings (SSSR count). The molecule has 0 saturated heterocycles. The molecule has 0 amide bonds. The van der Waals surface area contributed by atoms with Crippen LogP contribution in [0.15, 0.2) is 42.6 Å². The first kappa shape index (κ1) is 15.5. The molecule has 0 aliphatic carbocycles. The number of para-hydroxylation sites is 1. The molecule has 0 radical (unpaired) electrons. The number of hydrogen-bond donors (Lipinski definition) is 1. The van der Waals surface area contributed by atoms with Gasteiger partial charge >= 0.3 is 0 Å². The number of nitrogens with zero attached hydrogens (tertiary/aromatic N) is 1. The van der Waals surface area contributed by atoms with Crippen LogP contribution in [0.3, 0.4) is 0 Å². The van der Waals surface area contributed by atoms with E-state index in [2.05, 4.69) is 43.2 Å². The van der Waals surface area contributed by atoms with E-state index in [0.29, 0.717) is 5.88 Å². The van der Waals surface area contributed by atoms with E-state index in [-0.39, 0.29) is 6.04 Å². The van der Waals surface area contributed by atoms with Crippen LogP contribution in [0.4, 0.5) is 0 Å². The van der Waals surface area contributed by atoms with Crippen molar-refractivity contribution in [3.8, 4) is 11.6 Å². The molecule has 0 bridgehead atoms. The van der Waals surface area contributed by atoms with Crippen LogP contribution in [0.5, 0.6) is 11.6 Å². The number of nitrogens with one attached hydrogen (secondary N) is 1. The van der Waals surface area contributed by atoms with E-state index >= 15 is 0 Å². The molecule has 3 heteroatoms. The summed E-state index contributed by atoms with van der Waals surface area (Å²) < 4.78 is 6.08. The number of pyridine rings is 1. The van der Waals surface area contributed by atoms with Gasteiger partial charge in [0.05, 0.1) is 0 Å². The summed E-state index contributed by atoms with van der Waals surface area (Å²) in [5.74, 6) is 1.58. The molecule has 1 heterocycles. The number of aromatic nitrogens is 1. The third-order valence-electron chi connectivity index (χ3n) is 3.53. The zero-order valence-corrected chi connectivity index (χ0v) is 13.1. The Bertz CT molecular complexity index is 569. The lowest BCUT2D eigenvalue weighted by molar-refractivity contribution is 0.438. The Morgan fingerprint density at radius 1 is 1.14 bits per heavy atom. The lowest BCUT2D eigenvalue weighted by Gasteiger charge is -2.17. The fraction of sp³-hybridized carbons (Fsp3) is 0.389. The standard InChI is InChI=1S/C18H24N2O/c1-4-12-19-14(3)16-10-8-13-20-18(16)21-17-11-7-6-9-15(17)5-2/h6-11,13-14,19H,4-5,12H2,1-3H3. The largest absolute Gasteiger partial charge is 0.438 e. The summed E-state index contributed by atoms with van der Waals surface area (Å²) in [6, 6.07) is 12.4. The van der Waals surface area contributed by atoms with Crippen LogP contribution in [-0.2, 0) is 6.42 Å². The molecule has 0 saturated carbocycles. The van der Waals surface area contributed by atoms with E-state index in [1.54, 1.807) is 6.20 Å². The van der Waals surface area contributed by atoms with E-state index in [1.807, 2.05) is 24.3 Å². The number of rotatable bonds is 7. The van der Waals surface area contributed by atoms with E-state index < -0.39 is 0 Å². The molecule has 0 aliphatic rings. The maximum absolute atomic E-state index is 6.08. The highest BCUT2D eigenvalue weighted by molar-refractivity contribution is 5.39. The molecule has 0 aliphatic heterocycles. The second-order valence-corrected chi connectivity index (χ2v) is 5.14. The Hall–Kier alpha value is -1.87. The molecule has 1 aromatic carbocycles. The van der Waals surface area contributed by atoms with E-state index in [9.17, 15) is 0 Å². The van der Waals surface area contributed by atoms with Gasteiger partial charge in [0.15, 0.2) is 0 Å². The van der Waals surface area contributed by atoms with Crippen LogP contribution in [0, 0.1) is 0 Å². The molecule has 1 N–H and O–H groups in total. The second kappa shape index (κ2) is 7.79. The predicted octanol–water partition coefficient (Wildman–Crippen LogP) is 4.50. The third kappa shape index (κ3) is 4.05. The number of hydrogen-bond acceptors (Lipinski definition) is 3. The third-order valence-corrected chi connectivity index (χ3v) is 3.53. The lowest BCUT2D eigenvalue weighted by Crippen LogP contribution is -2.20. The Morgan fingerprint density at radius 3 is 2.71 bits per heavy atom. The maximum atomic E-state index is 6.08. The van der Waals surface area contributed by atoms with Crippen LogP contribution in [0.1, 0.15) is 44.4 Å². The van der Waals surface area contributed by atoms with Crippen molar-refractivity contribution in [3.05, 3.63) is 53.7 Å². The highest BCUT2D eigenvalue weighted by Gasteiger charge is 2.13. The summed E-state index contributed by atoms with van der Waals surface area (Å²) in [6.07, 6.45) is 3.83. The van der Waals surface area contributed by atoms with Gasteiger partial charge in [0, 0.05) is 17.8 Å². The van der Waals surface area contributed by atoms with Gasteiger partial charge < -0.3 is 10.1 Å². The van der Waals surface area contributed by atoms with Gasteiger partial charge in [0.2, 0.25) is 5.88 Å². The summed E-state index contributed by atoms with van der Waals surface area (Å²) in [5.41, 5.74) is 2.29. The monoisotopic (exact) mass is 284 g/mol. The van der Waals surface area contributed by atoms with Crippen molar-refractivity contribution in [1.29, 1.82) is 0 Å². The molecule has 2 aromatic rings. The zero-order chi connectivity index (χ0) is 15.1. The molecule has 3 nitrogen and oxygen atoms in total. The topological polar surface area (TPSA) is 34.2 Å². The van der Waals surface area contributed by atoms with E-state index in [4.69, 9.17) is 4.74 Å². The molecular weight excluding hydrogens is 260 g/mol. The summed E-state index contributed by atoms with van der Waals surface area (Å²) in [4.78, 5) is 4.42. The number of aryl methyl sites for hydroxylation is 1. The summed E-state index contributed by atoms with van der Waals surface area (Å²) in [5, 5.41) is 3.48. The zero-order valence-electron chi connectivity index (χ0n) is 13.1. The fourth-order valence-corrected chi connectivity index (χ4v) is 2.29. The first-order chi connectivity index (χ1) is 10.3. The highest BCUT2D eigenvalue weighted by Crippen LogP contribution is 2.29. The number of benzene rings is 1. The van der Waals surface area contributed by atoms with Crippen LogP contribution in [0.2, 0.25) is 0 Å². The quantitative estimate of drug-likeness (QED) is 0.813. The Balaban J connectivity index is 2.24. The Morgan fingerprint density at radius 2 is 1.95 bits per heavy atom. The van der Waals surface area contributed by atoms with Gasteiger partial charge in [-0.25, -0.2) is 4.98 Å². The molecule has 1 aromatic heterocycles. The molecular formula is C18H24N2O. The van der Waals surface area contributed by atoms with Crippen molar-refractivity contribution in [2.75, 3.05) is 6.54 Å². The van der Waals surface area contributed by atoms with Gasteiger partial charge in [0.25, 0.3) is 0 Å². The van der Waals surface area contributed by atoms with E-state index in [1.165, 1.54) is 5.56 Å². The van der Waals surface area contributed by atoms with Crippen LogP contribution in [0.25, 0.3) is 0 Å². The average molecular weight is 284 g/mol. The van der Waals surface area contributed by atoms with Crippen LogP contribution in [-0.4, -0.2) is 11.5 Å². The normalized spacial score (nSPS) is 12.1. The van der Waals surface area contributed by atoms with Crippen LogP contribution < -0.4 is 10.1 Å². The van der Waals surface area contributed by atoms with Crippen molar-refractivity contribution >= 4 is 0 Å². The summed E-state index contributed by atoms with van der Waals surface area (Å²) in [7, 11) is 0. The van der Waals surface area contributed by atoms with Gasteiger partial charge in [-0.1, -0.05) is 38.1 Å².